The topological polar surface area (TPSA) is 52.6 Å². The third kappa shape index (κ3) is 6.81. The molecule has 1 atom stereocenters. The number of ketones is 1. The van der Waals surface area contributed by atoms with Gasteiger partial charge in [-0.05, 0) is 19.3 Å². The Labute approximate surface area is 106 Å². The van der Waals surface area contributed by atoms with E-state index in [-0.39, 0.29) is 23.6 Å². The highest BCUT2D eigenvalue weighted by atomic mass is 32.2. The number of ether oxygens (including phenoxy) is 2. The van der Waals surface area contributed by atoms with Crippen LogP contribution in [0.3, 0.4) is 0 Å². The molecule has 0 aromatic rings. The second-order valence-electron chi connectivity index (χ2n) is 3.96. The molecule has 0 saturated carbocycles. The number of rotatable bonds is 7. The minimum Gasteiger partial charge on any atom is -0.353 e. The van der Waals surface area contributed by atoms with E-state index >= 15 is 0 Å². The van der Waals surface area contributed by atoms with Gasteiger partial charge in [-0.2, -0.15) is 0 Å². The minimum absolute atomic E-state index is 0.000896. The van der Waals surface area contributed by atoms with Crippen molar-refractivity contribution >= 4 is 22.7 Å². The summed E-state index contributed by atoms with van der Waals surface area (Å²) in [5.74, 6) is 0.592. The summed E-state index contributed by atoms with van der Waals surface area (Å²) >= 11 is 1.17. The number of hydrogen-bond acceptors (Lipinski definition) is 5. The van der Waals surface area contributed by atoms with Crippen LogP contribution in [0.25, 0.3) is 0 Å². The van der Waals surface area contributed by atoms with Gasteiger partial charge in [0.05, 0.1) is 13.0 Å². The molecule has 0 aromatic carbocycles. The fourth-order valence-electron chi connectivity index (χ4n) is 1.51. The maximum absolute atomic E-state index is 11.3. The lowest BCUT2D eigenvalue weighted by Crippen LogP contribution is -2.23. The maximum atomic E-state index is 11.3. The summed E-state index contributed by atoms with van der Waals surface area (Å²) in [5.41, 5.74) is 0. The predicted molar refractivity (Wildman–Crippen MR) is 66.9 cm³/mol. The highest BCUT2D eigenvalue weighted by molar-refractivity contribution is 8.13. The molecule has 1 heterocycles. The van der Waals surface area contributed by atoms with Gasteiger partial charge < -0.3 is 9.47 Å². The first-order valence-corrected chi connectivity index (χ1v) is 7.11. The van der Waals surface area contributed by atoms with Crippen LogP contribution in [0.2, 0.25) is 0 Å². The largest absolute Gasteiger partial charge is 0.353 e. The van der Waals surface area contributed by atoms with Crippen molar-refractivity contribution in [1.82, 2.24) is 0 Å². The van der Waals surface area contributed by atoms with Gasteiger partial charge in [-0.1, -0.05) is 18.7 Å². The lowest BCUT2D eigenvalue weighted by Gasteiger charge is -2.22. The fourth-order valence-corrected chi connectivity index (χ4v) is 2.18. The molecule has 1 saturated heterocycles. The van der Waals surface area contributed by atoms with Crippen LogP contribution in [0, 0.1) is 0 Å². The Morgan fingerprint density at radius 3 is 2.88 bits per heavy atom. The first kappa shape index (κ1) is 14.7. The zero-order chi connectivity index (χ0) is 12.5. The van der Waals surface area contributed by atoms with Gasteiger partial charge in [-0.25, -0.2) is 0 Å². The molecule has 98 valence electrons. The molecular formula is C12H20O4S. The van der Waals surface area contributed by atoms with Gasteiger partial charge in [-0.3, -0.25) is 9.59 Å². The molecule has 0 spiro atoms. The monoisotopic (exact) mass is 260 g/mol. The number of carbonyl (C=O) groups excluding carboxylic acids is 2. The van der Waals surface area contributed by atoms with Gasteiger partial charge in [-0.15, -0.1) is 0 Å². The van der Waals surface area contributed by atoms with Crippen LogP contribution < -0.4 is 0 Å². The molecule has 1 aliphatic rings. The second-order valence-corrected chi connectivity index (χ2v) is 5.11. The molecule has 4 nitrogen and oxygen atoms in total. The number of hydrogen-bond donors (Lipinski definition) is 0. The molecular weight excluding hydrogens is 240 g/mol. The van der Waals surface area contributed by atoms with E-state index in [1.807, 2.05) is 0 Å². The third-order valence-corrected chi connectivity index (χ3v) is 3.36. The van der Waals surface area contributed by atoms with Crippen LogP contribution in [0.15, 0.2) is 0 Å². The molecule has 0 bridgehead atoms. The van der Waals surface area contributed by atoms with E-state index < -0.39 is 0 Å². The van der Waals surface area contributed by atoms with E-state index in [9.17, 15) is 9.59 Å². The van der Waals surface area contributed by atoms with Crippen LogP contribution in [-0.4, -0.2) is 36.2 Å². The first-order chi connectivity index (χ1) is 8.22. The van der Waals surface area contributed by atoms with E-state index in [0.29, 0.717) is 18.8 Å². The zero-order valence-electron chi connectivity index (χ0n) is 10.3. The van der Waals surface area contributed by atoms with Crippen LogP contribution in [0.1, 0.15) is 39.0 Å². The van der Waals surface area contributed by atoms with E-state index in [2.05, 4.69) is 0 Å². The summed E-state index contributed by atoms with van der Waals surface area (Å²) in [6.45, 7) is 3.03. The molecule has 0 aliphatic carbocycles. The van der Waals surface area contributed by atoms with Gasteiger partial charge in [0.2, 0.25) is 0 Å². The van der Waals surface area contributed by atoms with E-state index in [1.165, 1.54) is 11.8 Å². The first-order valence-electron chi connectivity index (χ1n) is 6.13. The van der Waals surface area contributed by atoms with Crippen molar-refractivity contribution in [2.45, 2.75) is 45.3 Å². The summed E-state index contributed by atoms with van der Waals surface area (Å²) in [7, 11) is 0. The molecule has 0 aromatic heterocycles. The summed E-state index contributed by atoms with van der Waals surface area (Å²) in [6.07, 6.45) is 3.55. The Morgan fingerprint density at radius 2 is 2.24 bits per heavy atom. The van der Waals surface area contributed by atoms with Gasteiger partial charge >= 0.3 is 0 Å². The number of Topliss-reactive ketones (excluding diaryl/α,β-unsaturated/α-hetero) is 1. The Morgan fingerprint density at radius 1 is 1.41 bits per heavy atom. The van der Waals surface area contributed by atoms with Gasteiger partial charge in [0.15, 0.2) is 11.4 Å². The second kappa shape index (κ2) is 8.66. The van der Waals surface area contributed by atoms with Gasteiger partial charge in [0, 0.05) is 18.8 Å². The molecule has 1 rings (SSSR count). The smallest absolute Gasteiger partial charge is 0.196 e. The lowest BCUT2D eigenvalue weighted by atomic mass is 10.2. The molecule has 5 heteroatoms. The minimum atomic E-state index is -0.100. The van der Waals surface area contributed by atoms with Crippen molar-refractivity contribution in [3.8, 4) is 0 Å². The molecule has 0 N–H and O–H groups in total. The van der Waals surface area contributed by atoms with Crippen LogP contribution in [0.5, 0.6) is 0 Å². The van der Waals surface area contributed by atoms with E-state index in [0.717, 1.165) is 25.9 Å². The summed E-state index contributed by atoms with van der Waals surface area (Å²) in [6, 6.07) is 0. The quantitative estimate of drug-likeness (QED) is 0.518. The number of carbonyl (C=O) groups is 2. The molecule has 17 heavy (non-hydrogen) atoms. The Balaban J connectivity index is 1.99. The van der Waals surface area contributed by atoms with Crippen molar-refractivity contribution in [3.05, 3.63) is 0 Å². The average Bonchev–Trinajstić information content (AvgIpc) is 2.36. The van der Waals surface area contributed by atoms with Gasteiger partial charge in [0.1, 0.15) is 5.78 Å². The zero-order valence-corrected chi connectivity index (χ0v) is 11.1. The fraction of sp³-hybridized carbons (Fsp3) is 0.833. The maximum Gasteiger partial charge on any atom is 0.196 e. The third-order valence-electron chi connectivity index (χ3n) is 2.52. The van der Waals surface area contributed by atoms with Crippen LogP contribution >= 0.6 is 11.8 Å². The standard InChI is InChI=1S/C12H20O4S/c1-2-10(13)9-11(14)17-8-7-16-12-5-3-4-6-15-12/h12H,2-9H2,1H3. The molecule has 1 aliphatic heterocycles. The highest BCUT2D eigenvalue weighted by Crippen LogP contribution is 2.14. The average molecular weight is 260 g/mol. The van der Waals surface area contributed by atoms with Gasteiger partial charge in [0.25, 0.3) is 0 Å². The van der Waals surface area contributed by atoms with Crippen molar-refractivity contribution in [1.29, 1.82) is 0 Å². The normalized spacial score (nSPS) is 20.2. The summed E-state index contributed by atoms with van der Waals surface area (Å²) in [5, 5.41) is -0.0648. The Kier molecular flexibility index (Phi) is 7.48. The molecule has 1 unspecified atom stereocenters. The summed E-state index contributed by atoms with van der Waals surface area (Å²) < 4.78 is 10.9. The van der Waals surface area contributed by atoms with Crippen molar-refractivity contribution in [2.75, 3.05) is 19.0 Å². The van der Waals surface area contributed by atoms with E-state index in [4.69, 9.17) is 9.47 Å². The lowest BCUT2D eigenvalue weighted by molar-refractivity contribution is -0.158. The molecule has 0 radical (unpaired) electrons. The van der Waals surface area contributed by atoms with E-state index in [1.54, 1.807) is 6.92 Å². The molecule has 0 amide bonds. The van der Waals surface area contributed by atoms with Crippen LogP contribution in [0.4, 0.5) is 0 Å². The predicted octanol–water partition coefficient (Wildman–Crippen LogP) is 2.16. The van der Waals surface area contributed by atoms with Crippen molar-refractivity contribution < 1.29 is 19.1 Å². The SMILES string of the molecule is CCC(=O)CC(=O)SCCOC1CCCCO1. The number of thioether (sulfide) groups is 1. The summed E-state index contributed by atoms with van der Waals surface area (Å²) in [4.78, 5) is 22.3. The van der Waals surface area contributed by atoms with Crippen LogP contribution in [-0.2, 0) is 19.1 Å². The van der Waals surface area contributed by atoms with Crippen molar-refractivity contribution in [3.63, 3.8) is 0 Å². The molecule has 1 fully saturated rings. The Hall–Kier alpha value is -0.390. The highest BCUT2D eigenvalue weighted by Gasteiger charge is 2.14. The van der Waals surface area contributed by atoms with Crippen molar-refractivity contribution in [2.24, 2.45) is 0 Å². The Bertz CT molecular complexity index is 249.